The van der Waals surface area contributed by atoms with Crippen molar-refractivity contribution in [2.24, 2.45) is 0 Å². The highest BCUT2D eigenvalue weighted by Crippen LogP contribution is 2.12. The molecule has 0 amide bonds. The van der Waals surface area contributed by atoms with Crippen LogP contribution < -0.4 is 0 Å². The van der Waals surface area contributed by atoms with Gasteiger partial charge in [0, 0.05) is 11.9 Å². The molecule has 14 heavy (non-hydrogen) atoms. The molecule has 0 N–H and O–H groups in total. The first-order chi connectivity index (χ1) is 6.22. The second kappa shape index (κ2) is 11.8. The third-order valence-corrected chi connectivity index (χ3v) is 2.81. The zero-order chi connectivity index (χ0) is 10.1. The van der Waals surface area contributed by atoms with Crippen molar-refractivity contribution in [2.75, 3.05) is 20.0 Å². The second-order valence-corrected chi connectivity index (χ2v) is 4.32. The molecule has 0 saturated heterocycles. The van der Waals surface area contributed by atoms with Crippen LogP contribution in [-0.2, 0) is 0 Å². The van der Waals surface area contributed by atoms with E-state index in [2.05, 4.69) is 25.9 Å². The normalized spacial score (nSPS) is 12.6. The van der Waals surface area contributed by atoms with Gasteiger partial charge in [0.1, 0.15) is 0 Å². The summed E-state index contributed by atoms with van der Waals surface area (Å²) in [5.41, 5.74) is 0. The third-order valence-electron chi connectivity index (χ3n) is 2.54. The maximum Gasteiger partial charge on any atom is 0.0224 e. The van der Waals surface area contributed by atoms with E-state index in [0.29, 0.717) is 0 Å². The van der Waals surface area contributed by atoms with E-state index in [0.717, 1.165) is 18.3 Å². The van der Waals surface area contributed by atoms with Crippen molar-refractivity contribution in [3.63, 3.8) is 0 Å². The number of hydrogen-bond donors (Lipinski definition) is 0. The standard InChI is InChI=1S/C11H24ClN.BrH/c1-4-5-6-8-11(13(2)3)9-7-10-12;/h11H,4-10H2,1-3H3;1H. The number of unbranched alkanes of at least 4 members (excludes halogenated alkanes) is 2. The average Bonchev–Trinajstić information content (AvgIpc) is 2.10. The van der Waals surface area contributed by atoms with Crippen molar-refractivity contribution in [3.05, 3.63) is 0 Å². The lowest BCUT2D eigenvalue weighted by molar-refractivity contribution is 0.257. The van der Waals surface area contributed by atoms with Crippen molar-refractivity contribution in [1.29, 1.82) is 0 Å². The minimum absolute atomic E-state index is 0. The molecule has 0 fully saturated rings. The SMILES string of the molecule is Br.CCCCCC(CCCCl)N(C)C. The van der Waals surface area contributed by atoms with Crippen LogP contribution in [0, 0.1) is 0 Å². The molecule has 1 unspecified atom stereocenters. The molecule has 0 aliphatic heterocycles. The predicted octanol–water partition coefficient (Wildman–Crippen LogP) is 4.09. The molecular weight excluding hydrogens is 261 g/mol. The van der Waals surface area contributed by atoms with Gasteiger partial charge in [0.15, 0.2) is 0 Å². The fraction of sp³-hybridized carbons (Fsp3) is 1.00. The van der Waals surface area contributed by atoms with Gasteiger partial charge in [-0.25, -0.2) is 0 Å². The number of nitrogens with zero attached hydrogens (tertiary/aromatic N) is 1. The zero-order valence-corrected chi connectivity index (χ0v) is 12.2. The third kappa shape index (κ3) is 9.29. The van der Waals surface area contributed by atoms with Crippen LogP contribution in [-0.4, -0.2) is 30.9 Å². The molecule has 1 nitrogen and oxygen atoms in total. The van der Waals surface area contributed by atoms with Crippen molar-refractivity contribution < 1.29 is 0 Å². The molecule has 0 aromatic heterocycles. The van der Waals surface area contributed by atoms with Crippen LogP contribution >= 0.6 is 28.6 Å². The van der Waals surface area contributed by atoms with Crippen molar-refractivity contribution >= 4 is 28.6 Å². The first-order valence-corrected chi connectivity index (χ1v) is 5.98. The number of halogens is 2. The highest BCUT2D eigenvalue weighted by atomic mass is 79.9. The van der Waals surface area contributed by atoms with E-state index in [1.807, 2.05) is 0 Å². The van der Waals surface area contributed by atoms with E-state index in [1.54, 1.807) is 0 Å². The minimum atomic E-state index is 0. The lowest BCUT2D eigenvalue weighted by atomic mass is 10.0. The molecular formula is C11H25BrClN. The number of alkyl halides is 1. The Morgan fingerprint density at radius 3 is 2.07 bits per heavy atom. The molecule has 0 bridgehead atoms. The Kier molecular flexibility index (Phi) is 14.4. The topological polar surface area (TPSA) is 3.24 Å². The average molecular weight is 287 g/mol. The molecule has 0 aromatic rings. The first-order valence-electron chi connectivity index (χ1n) is 5.44. The van der Waals surface area contributed by atoms with Crippen LogP contribution in [0.5, 0.6) is 0 Å². The van der Waals surface area contributed by atoms with Gasteiger partial charge in [-0.05, 0) is 33.4 Å². The van der Waals surface area contributed by atoms with Crippen LogP contribution in [0.2, 0.25) is 0 Å². The van der Waals surface area contributed by atoms with Crippen molar-refractivity contribution in [3.8, 4) is 0 Å². The predicted molar refractivity (Wildman–Crippen MR) is 71.9 cm³/mol. The summed E-state index contributed by atoms with van der Waals surface area (Å²) in [6, 6.07) is 0.741. The summed E-state index contributed by atoms with van der Waals surface area (Å²) in [6.45, 7) is 2.25. The lowest BCUT2D eigenvalue weighted by Crippen LogP contribution is -2.27. The van der Waals surface area contributed by atoms with Gasteiger partial charge in [-0.15, -0.1) is 28.6 Å². The molecule has 0 spiro atoms. The fourth-order valence-electron chi connectivity index (χ4n) is 1.60. The maximum atomic E-state index is 5.69. The summed E-state index contributed by atoms with van der Waals surface area (Å²) in [4.78, 5) is 2.34. The van der Waals surface area contributed by atoms with Gasteiger partial charge < -0.3 is 4.90 Å². The summed E-state index contributed by atoms with van der Waals surface area (Å²) in [7, 11) is 4.34. The Balaban J connectivity index is 0. The van der Waals surface area contributed by atoms with Gasteiger partial charge in [0.05, 0.1) is 0 Å². The number of rotatable bonds is 8. The fourth-order valence-corrected chi connectivity index (χ4v) is 1.76. The molecule has 0 heterocycles. The molecule has 0 rings (SSSR count). The van der Waals surface area contributed by atoms with E-state index >= 15 is 0 Å². The van der Waals surface area contributed by atoms with E-state index in [1.165, 1.54) is 32.1 Å². The van der Waals surface area contributed by atoms with E-state index in [4.69, 9.17) is 11.6 Å². The summed E-state index contributed by atoms with van der Waals surface area (Å²) < 4.78 is 0. The molecule has 3 heteroatoms. The van der Waals surface area contributed by atoms with Gasteiger partial charge >= 0.3 is 0 Å². The van der Waals surface area contributed by atoms with E-state index in [-0.39, 0.29) is 17.0 Å². The highest BCUT2D eigenvalue weighted by molar-refractivity contribution is 8.93. The Bertz CT molecular complexity index is 109. The lowest BCUT2D eigenvalue weighted by Gasteiger charge is -2.23. The largest absolute Gasteiger partial charge is 0.306 e. The van der Waals surface area contributed by atoms with Crippen LogP contribution in [0.1, 0.15) is 45.4 Å². The molecule has 0 aromatic carbocycles. The molecule has 0 saturated carbocycles. The Morgan fingerprint density at radius 1 is 1.07 bits per heavy atom. The van der Waals surface area contributed by atoms with Gasteiger partial charge in [-0.1, -0.05) is 26.2 Å². The highest BCUT2D eigenvalue weighted by Gasteiger charge is 2.09. The second-order valence-electron chi connectivity index (χ2n) is 3.94. The maximum absolute atomic E-state index is 5.69. The number of hydrogen-bond acceptors (Lipinski definition) is 1. The van der Waals surface area contributed by atoms with Gasteiger partial charge in [0.2, 0.25) is 0 Å². The van der Waals surface area contributed by atoms with Crippen LogP contribution in [0.4, 0.5) is 0 Å². The van der Waals surface area contributed by atoms with E-state index < -0.39 is 0 Å². The molecule has 88 valence electrons. The quantitative estimate of drug-likeness (QED) is 0.480. The molecule has 0 radical (unpaired) electrons. The molecule has 0 aliphatic carbocycles. The van der Waals surface area contributed by atoms with Crippen molar-refractivity contribution in [1.82, 2.24) is 4.90 Å². The summed E-state index contributed by atoms with van der Waals surface area (Å²) in [6.07, 6.45) is 7.77. The smallest absolute Gasteiger partial charge is 0.0224 e. The first kappa shape index (κ1) is 17.1. The summed E-state index contributed by atoms with van der Waals surface area (Å²) in [5.74, 6) is 0.804. The van der Waals surface area contributed by atoms with E-state index in [9.17, 15) is 0 Å². The van der Waals surface area contributed by atoms with Gasteiger partial charge in [0.25, 0.3) is 0 Å². The van der Waals surface area contributed by atoms with Crippen molar-refractivity contribution in [2.45, 2.75) is 51.5 Å². The van der Waals surface area contributed by atoms with Crippen LogP contribution in [0.25, 0.3) is 0 Å². The summed E-state index contributed by atoms with van der Waals surface area (Å²) >= 11 is 5.69. The Hall–Kier alpha value is 0.730. The van der Waals surface area contributed by atoms with Gasteiger partial charge in [-0.3, -0.25) is 0 Å². The minimum Gasteiger partial charge on any atom is -0.306 e. The Morgan fingerprint density at radius 2 is 1.64 bits per heavy atom. The van der Waals surface area contributed by atoms with Crippen LogP contribution in [0.3, 0.4) is 0 Å². The summed E-state index contributed by atoms with van der Waals surface area (Å²) in [5, 5.41) is 0. The molecule has 0 aliphatic rings. The molecule has 1 atom stereocenters. The zero-order valence-electron chi connectivity index (χ0n) is 9.76. The monoisotopic (exact) mass is 285 g/mol. The Labute approximate surface area is 105 Å². The van der Waals surface area contributed by atoms with Crippen LogP contribution in [0.15, 0.2) is 0 Å². The van der Waals surface area contributed by atoms with Gasteiger partial charge in [-0.2, -0.15) is 0 Å².